The number of hydrogen-bond donors (Lipinski definition) is 2. The molecule has 0 fully saturated rings. The normalized spacial score (nSPS) is 10.2. The van der Waals surface area contributed by atoms with Crippen LogP contribution in [-0.4, -0.2) is 5.91 Å². The van der Waals surface area contributed by atoms with E-state index in [2.05, 4.69) is 21.2 Å². The lowest BCUT2D eigenvalue weighted by molar-refractivity contribution is 0.102. The van der Waals surface area contributed by atoms with Gasteiger partial charge in [-0.15, -0.1) is 0 Å². The highest BCUT2D eigenvalue weighted by Crippen LogP contribution is 2.23. The van der Waals surface area contributed by atoms with Crippen molar-refractivity contribution >= 4 is 33.2 Å². The summed E-state index contributed by atoms with van der Waals surface area (Å²) < 4.78 is 0.819. The van der Waals surface area contributed by atoms with Gasteiger partial charge in [-0.25, -0.2) is 0 Å². The fourth-order valence-corrected chi connectivity index (χ4v) is 2.12. The van der Waals surface area contributed by atoms with Crippen LogP contribution in [-0.2, 0) is 6.42 Å². The van der Waals surface area contributed by atoms with Gasteiger partial charge in [-0.2, -0.15) is 0 Å². The van der Waals surface area contributed by atoms with E-state index in [4.69, 9.17) is 5.73 Å². The van der Waals surface area contributed by atoms with Gasteiger partial charge in [0, 0.05) is 21.4 Å². The van der Waals surface area contributed by atoms with Crippen LogP contribution >= 0.6 is 15.9 Å². The second kappa shape index (κ2) is 5.89. The maximum absolute atomic E-state index is 12.2. The molecular weight excluding hydrogens is 304 g/mol. The molecular formula is C15H15BrN2O. The van der Waals surface area contributed by atoms with Crippen LogP contribution in [0.25, 0.3) is 0 Å². The van der Waals surface area contributed by atoms with E-state index in [1.54, 1.807) is 6.07 Å². The van der Waals surface area contributed by atoms with E-state index in [0.717, 1.165) is 16.5 Å². The molecule has 0 unspecified atom stereocenters. The minimum absolute atomic E-state index is 0.112. The summed E-state index contributed by atoms with van der Waals surface area (Å²) in [5.74, 6) is -0.112. The molecule has 4 heteroatoms. The van der Waals surface area contributed by atoms with Crippen molar-refractivity contribution in [2.75, 3.05) is 11.1 Å². The lowest BCUT2D eigenvalue weighted by Gasteiger charge is -2.09. The molecule has 2 rings (SSSR count). The Bertz CT molecular complexity index is 611. The van der Waals surface area contributed by atoms with Crippen LogP contribution in [0, 0.1) is 0 Å². The molecule has 0 aliphatic rings. The first-order valence-corrected chi connectivity index (χ1v) is 6.85. The summed E-state index contributed by atoms with van der Waals surface area (Å²) in [4.78, 5) is 12.2. The Morgan fingerprint density at radius 2 is 2.00 bits per heavy atom. The van der Waals surface area contributed by atoms with Crippen LogP contribution in [0.4, 0.5) is 11.4 Å². The Labute approximate surface area is 121 Å². The van der Waals surface area contributed by atoms with Crippen molar-refractivity contribution < 1.29 is 4.79 Å². The number of amides is 1. The third-order valence-electron chi connectivity index (χ3n) is 2.90. The van der Waals surface area contributed by atoms with Gasteiger partial charge >= 0.3 is 0 Å². The van der Waals surface area contributed by atoms with Crippen molar-refractivity contribution in [1.82, 2.24) is 0 Å². The molecule has 3 nitrogen and oxygen atoms in total. The Balaban J connectivity index is 2.23. The van der Waals surface area contributed by atoms with Crippen LogP contribution in [0.15, 0.2) is 46.9 Å². The molecule has 1 amide bonds. The Kier molecular flexibility index (Phi) is 4.22. The first-order valence-electron chi connectivity index (χ1n) is 6.06. The van der Waals surface area contributed by atoms with E-state index in [-0.39, 0.29) is 5.91 Å². The van der Waals surface area contributed by atoms with Crippen molar-refractivity contribution in [2.24, 2.45) is 0 Å². The molecule has 0 aliphatic heterocycles. The molecule has 3 N–H and O–H groups in total. The van der Waals surface area contributed by atoms with Gasteiger partial charge in [-0.05, 0) is 52.2 Å². The zero-order valence-corrected chi connectivity index (χ0v) is 12.2. The maximum atomic E-state index is 12.2. The van der Waals surface area contributed by atoms with Gasteiger partial charge in [0.05, 0.1) is 0 Å². The van der Waals surface area contributed by atoms with Crippen LogP contribution in [0.2, 0.25) is 0 Å². The van der Waals surface area contributed by atoms with Gasteiger partial charge in [-0.1, -0.05) is 25.1 Å². The average molecular weight is 319 g/mol. The molecule has 0 atom stereocenters. The summed E-state index contributed by atoms with van der Waals surface area (Å²) in [5, 5.41) is 2.86. The summed E-state index contributed by atoms with van der Waals surface area (Å²) in [5.41, 5.74) is 8.82. The second-order valence-electron chi connectivity index (χ2n) is 4.20. The number of anilines is 2. The number of carbonyl (C=O) groups is 1. The highest BCUT2D eigenvalue weighted by atomic mass is 79.9. The number of carbonyl (C=O) groups excluding carboxylic acids is 1. The number of nitrogens with two attached hydrogens (primary N) is 1. The number of aryl methyl sites for hydroxylation is 1. The molecule has 0 bridgehead atoms. The van der Waals surface area contributed by atoms with E-state index in [1.165, 1.54) is 0 Å². The highest BCUT2D eigenvalue weighted by molar-refractivity contribution is 9.10. The number of rotatable bonds is 3. The highest BCUT2D eigenvalue weighted by Gasteiger charge is 2.10. The molecule has 0 aromatic heterocycles. The Hall–Kier alpha value is -1.81. The zero-order chi connectivity index (χ0) is 13.8. The summed E-state index contributed by atoms with van der Waals surface area (Å²) in [7, 11) is 0. The molecule has 0 spiro atoms. The molecule has 19 heavy (non-hydrogen) atoms. The molecule has 0 saturated carbocycles. The third-order valence-corrected chi connectivity index (χ3v) is 3.62. The lowest BCUT2D eigenvalue weighted by Crippen LogP contribution is -2.14. The van der Waals surface area contributed by atoms with Crippen LogP contribution in [0.3, 0.4) is 0 Å². The van der Waals surface area contributed by atoms with E-state index in [9.17, 15) is 4.79 Å². The first kappa shape index (κ1) is 13.6. The minimum atomic E-state index is -0.112. The van der Waals surface area contributed by atoms with Crippen LogP contribution in [0.5, 0.6) is 0 Å². The molecule has 2 aromatic carbocycles. The van der Waals surface area contributed by atoms with Crippen molar-refractivity contribution in [3.63, 3.8) is 0 Å². The standard InChI is InChI=1S/C15H15BrN2O/c1-2-10-5-3-4-6-12(10)15(19)18-11-7-8-13(16)14(17)9-11/h3-9H,2,17H2,1H3,(H,18,19). The summed E-state index contributed by atoms with van der Waals surface area (Å²) in [6, 6.07) is 13.0. The SMILES string of the molecule is CCc1ccccc1C(=O)Nc1ccc(Br)c(N)c1. The molecule has 2 aromatic rings. The number of hydrogen-bond acceptors (Lipinski definition) is 2. The smallest absolute Gasteiger partial charge is 0.255 e. The van der Waals surface area contributed by atoms with E-state index in [1.807, 2.05) is 43.3 Å². The van der Waals surface area contributed by atoms with E-state index >= 15 is 0 Å². The summed E-state index contributed by atoms with van der Waals surface area (Å²) >= 11 is 3.33. The quantitative estimate of drug-likeness (QED) is 0.845. The third kappa shape index (κ3) is 3.15. The number of nitrogens with one attached hydrogen (secondary N) is 1. The van der Waals surface area contributed by atoms with Gasteiger partial charge in [0.1, 0.15) is 0 Å². The lowest BCUT2D eigenvalue weighted by atomic mass is 10.0. The Morgan fingerprint density at radius 1 is 1.26 bits per heavy atom. The molecule has 0 heterocycles. The van der Waals surface area contributed by atoms with Gasteiger partial charge in [0.2, 0.25) is 0 Å². The van der Waals surface area contributed by atoms with E-state index < -0.39 is 0 Å². The monoisotopic (exact) mass is 318 g/mol. The zero-order valence-electron chi connectivity index (χ0n) is 10.6. The predicted octanol–water partition coefficient (Wildman–Crippen LogP) is 3.85. The molecule has 0 radical (unpaired) electrons. The summed E-state index contributed by atoms with van der Waals surface area (Å²) in [6.07, 6.45) is 0.825. The van der Waals surface area contributed by atoms with Gasteiger partial charge in [0.25, 0.3) is 5.91 Å². The largest absolute Gasteiger partial charge is 0.398 e. The Morgan fingerprint density at radius 3 is 2.68 bits per heavy atom. The number of halogens is 1. The fourth-order valence-electron chi connectivity index (χ4n) is 1.87. The van der Waals surface area contributed by atoms with Crippen LogP contribution < -0.4 is 11.1 Å². The second-order valence-corrected chi connectivity index (χ2v) is 5.06. The van der Waals surface area contributed by atoms with Crippen LogP contribution in [0.1, 0.15) is 22.8 Å². The molecule has 0 aliphatic carbocycles. The number of nitrogen functional groups attached to an aromatic ring is 1. The molecule has 0 saturated heterocycles. The predicted molar refractivity (Wildman–Crippen MR) is 82.3 cm³/mol. The van der Waals surface area contributed by atoms with Gasteiger partial charge < -0.3 is 11.1 Å². The first-order chi connectivity index (χ1) is 9.11. The van der Waals surface area contributed by atoms with Crippen molar-refractivity contribution in [3.05, 3.63) is 58.1 Å². The molecule has 98 valence electrons. The van der Waals surface area contributed by atoms with E-state index in [0.29, 0.717) is 16.9 Å². The minimum Gasteiger partial charge on any atom is -0.398 e. The average Bonchev–Trinajstić information content (AvgIpc) is 2.43. The number of benzene rings is 2. The van der Waals surface area contributed by atoms with Gasteiger partial charge in [0.15, 0.2) is 0 Å². The van der Waals surface area contributed by atoms with Crippen molar-refractivity contribution in [2.45, 2.75) is 13.3 Å². The maximum Gasteiger partial charge on any atom is 0.255 e. The van der Waals surface area contributed by atoms with Gasteiger partial charge in [-0.3, -0.25) is 4.79 Å². The van der Waals surface area contributed by atoms with Crippen molar-refractivity contribution in [3.8, 4) is 0 Å². The topological polar surface area (TPSA) is 55.1 Å². The van der Waals surface area contributed by atoms with Crippen molar-refractivity contribution in [1.29, 1.82) is 0 Å². The summed E-state index contributed by atoms with van der Waals surface area (Å²) in [6.45, 7) is 2.03. The fraction of sp³-hybridized carbons (Fsp3) is 0.133.